The maximum atomic E-state index is 10.2. The molecule has 1 N–H and O–H groups in total. The van der Waals surface area contributed by atoms with Crippen LogP contribution in [-0.2, 0) is 11.3 Å². The van der Waals surface area contributed by atoms with E-state index < -0.39 is 6.10 Å². The van der Waals surface area contributed by atoms with Gasteiger partial charge in [0.1, 0.15) is 5.82 Å². The van der Waals surface area contributed by atoms with Crippen molar-refractivity contribution >= 4 is 33.3 Å². The number of β-amino-alcohol motifs (C(OH)–C–C–N with tert-alkyl or cyclic N) is 1. The first kappa shape index (κ1) is 19.6. The van der Waals surface area contributed by atoms with E-state index >= 15 is 0 Å². The van der Waals surface area contributed by atoms with Crippen molar-refractivity contribution in [2.75, 3.05) is 44.2 Å². The van der Waals surface area contributed by atoms with Crippen molar-refractivity contribution in [1.29, 1.82) is 0 Å². The maximum absolute atomic E-state index is 10.2. The van der Waals surface area contributed by atoms with E-state index in [1.807, 2.05) is 42.6 Å². The maximum Gasteiger partial charge on any atom is 0.128 e. The summed E-state index contributed by atoms with van der Waals surface area (Å²) in [4.78, 5) is 8.97. The highest BCUT2D eigenvalue weighted by atomic mass is 79.9. The van der Waals surface area contributed by atoms with Crippen LogP contribution < -0.4 is 4.90 Å². The number of aliphatic hydroxyl groups excluding tert-OH is 1. The van der Waals surface area contributed by atoms with Gasteiger partial charge in [-0.3, -0.25) is 4.90 Å². The Bertz CT molecular complexity index is 693. The minimum atomic E-state index is -0.505. The van der Waals surface area contributed by atoms with Crippen LogP contribution in [0.5, 0.6) is 0 Å². The SMILES string of the molecule is OC(COCc1ccccc1Cl)CN1CCN(c2ccc(Br)cn2)CC1. The Morgan fingerprint density at radius 2 is 1.92 bits per heavy atom. The van der Waals surface area contributed by atoms with Gasteiger partial charge in [0, 0.05) is 48.4 Å². The van der Waals surface area contributed by atoms with E-state index in [1.54, 1.807) is 0 Å². The van der Waals surface area contributed by atoms with Crippen molar-refractivity contribution in [3.05, 3.63) is 57.7 Å². The van der Waals surface area contributed by atoms with Gasteiger partial charge >= 0.3 is 0 Å². The van der Waals surface area contributed by atoms with Gasteiger partial charge in [0.25, 0.3) is 0 Å². The van der Waals surface area contributed by atoms with Gasteiger partial charge in [-0.2, -0.15) is 0 Å². The summed E-state index contributed by atoms with van der Waals surface area (Å²) in [6, 6.07) is 11.6. The quantitative estimate of drug-likeness (QED) is 0.716. The van der Waals surface area contributed by atoms with Gasteiger partial charge in [0.2, 0.25) is 0 Å². The standard InChI is InChI=1S/C19H23BrClN3O2/c20-16-5-6-19(22-11-16)24-9-7-23(8-10-24)12-17(25)14-26-13-15-3-1-2-4-18(15)21/h1-6,11,17,25H,7-10,12-14H2. The number of hydrogen-bond acceptors (Lipinski definition) is 5. The first-order valence-electron chi connectivity index (χ1n) is 8.70. The Kier molecular flexibility index (Phi) is 7.28. The number of nitrogens with zero attached hydrogens (tertiary/aromatic N) is 3. The highest BCUT2D eigenvalue weighted by molar-refractivity contribution is 9.10. The molecule has 0 radical (unpaired) electrons. The molecule has 2 aromatic rings. The van der Waals surface area contributed by atoms with Gasteiger partial charge < -0.3 is 14.7 Å². The minimum absolute atomic E-state index is 0.305. The number of aliphatic hydroxyl groups is 1. The molecule has 1 aromatic carbocycles. The molecule has 0 aliphatic carbocycles. The van der Waals surface area contributed by atoms with Gasteiger partial charge in [0.15, 0.2) is 0 Å². The van der Waals surface area contributed by atoms with Gasteiger partial charge in [-0.15, -0.1) is 0 Å². The van der Waals surface area contributed by atoms with E-state index in [1.165, 1.54) is 0 Å². The van der Waals surface area contributed by atoms with Crippen LogP contribution >= 0.6 is 27.5 Å². The molecule has 3 rings (SSSR count). The lowest BCUT2D eigenvalue weighted by molar-refractivity contribution is 0.00914. The predicted octanol–water partition coefficient (Wildman–Crippen LogP) is 3.20. The summed E-state index contributed by atoms with van der Waals surface area (Å²) in [5.41, 5.74) is 0.942. The van der Waals surface area contributed by atoms with Crippen molar-refractivity contribution in [2.45, 2.75) is 12.7 Å². The molecule has 0 spiro atoms. The predicted molar refractivity (Wildman–Crippen MR) is 108 cm³/mol. The number of pyridine rings is 1. The van der Waals surface area contributed by atoms with Gasteiger partial charge in [-0.25, -0.2) is 4.98 Å². The molecule has 0 saturated carbocycles. The molecule has 1 aliphatic rings. The zero-order chi connectivity index (χ0) is 18.4. The Hall–Kier alpha value is -1.18. The number of halogens is 2. The van der Waals surface area contributed by atoms with Crippen molar-refractivity contribution in [2.24, 2.45) is 0 Å². The summed E-state index contributed by atoms with van der Waals surface area (Å²) < 4.78 is 6.61. The lowest BCUT2D eigenvalue weighted by Gasteiger charge is -2.36. The van der Waals surface area contributed by atoms with Crippen LogP contribution in [0.4, 0.5) is 5.82 Å². The largest absolute Gasteiger partial charge is 0.389 e. The zero-order valence-corrected chi connectivity index (χ0v) is 16.9. The third-order valence-corrected chi connectivity index (χ3v) is 5.24. The Morgan fingerprint density at radius 3 is 2.62 bits per heavy atom. The van der Waals surface area contributed by atoms with E-state index in [9.17, 15) is 5.11 Å². The van der Waals surface area contributed by atoms with Crippen LogP contribution in [0.25, 0.3) is 0 Å². The third kappa shape index (κ3) is 5.66. The molecule has 0 amide bonds. The number of aromatic nitrogens is 1. The number of hydrogen-bond donors (Lipinski definition) is 1. The normalized spacial score (nSPS) is 16.7. The molecular formula is C19H23BrClN3O2. The second-order valence-corrected chi connectivity index (χ2v) is 7.71. The average molecular weight is 441 g/mol. The van der Waals surface area contributed by atoms with Gasteiger partial charge in [0.05, 0.1) is 19.3 Å². The molecule has 1 unspecified atom stereocenters. The van der Waals surface area contributed by atoms with E-state index in [2.05, 4.69) is 30.7 Å². The van der Waals surface area contributed by atoms with Crippen LogP contribution in [0.3, 0.4) is 0 Å². The van der Waals surface area contributed by atoms with Crippen LogP contribution in [0.2, 0.25) is 5.02 Å². The molecule has 1 saturated heterocycles. The minimum Gasteiger partial charge on any atom is -0.389 e. The first-order valence-corrected chi connectivity index (χ1v) is 9.87. The molecule has 0 bridgehead atoms. The number of benzene rings is 1. The molecular weight excluding hydrogens is 418 g/mol. The topological polar surface area (TPSA) is 48.8 Å². The fraction of sp³-hybridized carbons (Fsp3) is 0.421. The number of rotatable bonds is 7. The van der Waals surface area contributed by atoms with Crippen molar-refractivity contribution < 1.29 is 9.84 Å². The molecule has 2 heterocycles. The Balaban J connectivity index is 1.37. The van der Waals surface area contributed by atoms with E-state index in [4.69, 9.17) is 16.3 Å². The van der Waals surface area contributed by atoms with E-state index in [0.29, 0.717) is 24.8 Å². The molecule has 1 aromatic heterocycles. The molecule has 1 fully saturated rings. The molecule has 7 heteroatoms. The molecule has 1 atom stereocenters. The highest BCUT2D eigenvalue weighted by Gasteiger charge is 2.20. The summed E-state index contributed by atoms with van der Waals surface area (Å²) in [5.74, 6) is 0.997. The molecule has 140 valence electrons. The van der Waals surface area contributed by atoms with Gasteiger partial charge in [-0.05, 0) is 39.7 Å². The lowest BCUT2D eigenvalue weighted by Crippen LogP contribution is -2.49. The van der Waals surface area contributed by atoms with Crippen LogP contribution in [0.15, 0.2) is 47.1 Å². The molecule has 5 nitrogen and oxygen atoms in total. The smallest absolute Gasteiger partial charge is 0.128 e. The average Bonchev–Trinajstić information content (AvgIpc) is 2.65. The van der Waals surface area contributed by atoms with Crippen molar-refractivity contribution in [3.63, 3.8) is 0 Å². The third-order valence-electron chi connectivity index (χ3n) is 4.40. The highest BCUT2D eigenvalue weighted by Crippen LogP contribution is 2.17. The second-order valence-electron chi connectivity index (χ2n) is 6.38. The van der Waals surface area contributed by atoms with E-state index in [-0.39, 0.29) is 0 Å². The van der Waals surface area contributed by atoms with Crippen LogP contribution in [0.1, 0.15) is 5.56 Å². The summed E-state index contributed by atoms with van der Waals surface area (Å²) in [7, 11) is 0. The van der Waals surface area contributed by atoms with Gasteiger partial charge in [-0.1, -0.05) is 29.8 Å². The fourth-order valence-electron chi connectivity index (χ4n) is 2.99. The van der Waals surface area contributed by atoms with Crippen LogP contribution in [0, 0.1) is 0 Å². The summed E-state index contributed by atoms with van der Waals surface area (Å²) >= 11 is 9.51. The van der Waals surface area contributed by atoms with Crippen LogP contribution in [-0.4, -0.2) is 60.4 Å². The first-order chi connectivity index (χ1) is 12.6. The second kappa shape index (κ2) is 9.67. The summed E-state index contributed by atoms with van der Waals surface area (Å²) in [6.07, 6.45) is 1.32. The lowest BCUT2D eigenvalue weighted by atomic mass is 10.2. The number of ether oxygens (including phenoxy) is 1. The van der Waals surface area contributed by atoms with Crippen molar-refractivity contribution in [3.8, 4) is 0 Å². The zero-order valence-electron chi connectivity index (χ0n) is 14.5. The van der Waals surface area contributed by atoms with E-state index in [0.717, 1.165) is 42.0 Å². The Labute approximate surface area is 167 Å². The fourth-order valence-corrected chi connectivity index (χ4v) is 3.41. The number of piperazine rings is 1. The monoisotopic (exact) mass is 439 g/mol. The van der Waals surface area contributed by atoms with Crippen molar-refractivity contribution in [1.82, 2.24) is 9.88 Å². The Morgan fingerprint density at radius 1 is 1.15 bits per heavy atom. The molecule has 26 heavy (non-hydrogen) atoms. The summed E-state index contributed by atoms with van der Waals surface area (Å²) in [5, 5.41) is 10.9. The summed E-state index contributed by atoms with van der Waals surface area (Å²) in [6.45, 7) is 4.95. The number of anilines is 1. The molecule has 1 aliphatic heterocycles.